The lowest BCUT2D eigenvalue weighted by Gasteiger charge is -2.36. The molecule has 0 aliphatic rings. The van der Waals surface area contributed by atoms with Crippen LogP contribution in [0.25, 0.3) is 0 Å². The third-order valence-corrected chi connectivity index (χ3v) is 10.7. The van der Waals surface area contributed by atoms with Crippen LogP contribution < -0.4 is 0 Å². The monoisotopic (exact) mass is 494 g/mol. The van der Waals surface area contributed by atoms with Crippen LogP contribution in [0.1, 0.15) is 86.2 Å². The van der Waals surface area contributed by atoms with Gasteiger partial charge in [-0.05, 0) is 57.0 Å². The fraction of sp³-hybridized carbons (Fsp3) is 0.731. The maximum absolute atomic E-state index is 12.7. The second-order valence-corrected chi connectivity index (χ2v) is 16.6. The van der Waals surface area contributed by atoms with Crippen molar-refractivity contribution in [3.63, 3.8) is 0 Å². The molecule has 194 valence electrons. The predicted molar refractivity (Wildman–Crippen MR) is 138 cm³/mol. The summed E-state index contributed by atoms with van der Waals surface area (Å²) in [5, 5.41) is 0.0988. The van der Waals surface area contributed by atoms with Crippen LogP contribution in [0.3, 0.4) is 0 Å². The van der Waals surface area contributed by atoms with E-state index in [-0.39, 0.29) is 17.0 Å². The summed E-state index contributed by atoms with van der Waals surface area (Å²) in [5.41, 5.74) is 0.846. The van der Waals surface area contributed by atoms with E-state index in [1.807, 2.05) is 52.8 Å². The number of carbonyl (C=O) groups is 2. The lowest BCUT2D eigenvalue weighted by molar-refractivity contribution is -0.148. The van der Waals surface area contributed by atoms with Crippen LogP contribution in [0.4, 0.5) is 4.79 Å². The minimum Gasteiger partial charge on any atom is -0.456 e. The van der Waals surface area contributed by atoms with Gasteiger partial charge in [0.25, 0.3) is 0 Å². The minimum absolute atomic E-state index is 0.0988. The van der Waals surface area contributed by atoms with Crippen LogP contribution in [0, 0.1) is 5.92 Å². The lowest BCUT2D eigenvalue weighted by atomic mass is 9.95. The van der Waals surface area contributed by atoms with Crippen molar-refractivity contribution < 1.29 is 23.5 Å². The predicted octanol–water partition coefficient (Wildman–Crippen LogP) is 6.49. The van der Waals surface area contributed by atoms with E-state index in [1.165, 1.54) is 6.92 Å². The van der Waals surface area contributed by atoms with Gasteiger partial charge in [-0.3, -0.25) is 9.78 Å². The van der Waals surface area contributed by atoms with Gasteiger partial charge in [0.15, 0.2) is 8.32 Å². The molecule has 0 fully saturated rings. The van der Waals surface area contributed by atoms with Gasteiger partial charge in [0.1, 0.15) is 11.7 Å². The smallest absolute Gasteiger partial charge is 0.410 e. The number of hydrogen-bond acceptors (Lipinski definition) is 6. The summed E-state index contributed by atoms with van der Waals surface area (Å²) in [4.78, 5) is 31.0. The van der Waals surface area contributed by atoms with Crippen molar-refractivity contribution in [1.82, 2.24) is 9.88 Å². The number of aromatic nitrogens is 1. The molecule has 0 aromatic carbocycles. The first kappa shape index (κ1) is 30.1. The van der Waals surface area contributed by atoms with Gasteiger partial charge in [-0.15, -0.1) is 0 Å². The summed E-state index contributed by atoms with van der Waals surface area (Å²) in [7, 11) is -0.208. The van der Waals surface area contributed by atoms with Gasteiger partial charge in [0.2, 0.25) is 0 Å². The Bertz CT molecular complexity index is 827. The summed E-state index contributed by atoms with van der Waals surface area (Å²) in [6, 6.07) is 5.47. The van der Waals surface area contributed by atoms with Crippen molar-refractivity contribution in [2.24, 2.45) is 5.92 Å². The topological polar surface area (TPSA) is 78.0 Å². The number of hydrogen-bond donors (Lipinski definition) is 0. The molecule has 0 aliphatic heterocycles. The molecule has 1 amide bonds. The largest absolute Gasteiger partial charge is 0.456 e. The molecule has 0 spiro atoms. The van der Waals surface area contributed by atoms with Gasteiger partial charge < -0.3 is 18.8 Å². The molecule has 1 aromatic heterocycles. The first-order valence-electron chi connectivity index (χ1n) is 12.1. The van der Waals surface area contributed by atoms with Crippen LogP contribution >= 0.6 is 0 Å². The van der Waals surface area contributed by atoms with Crippen molar-refractivity contribution in [2.75, 3.05) is 7.05 Å². The van der Waals surface area contributed by atoms with Crippen LogP contribution in [0.2, 0.25) is 18.1 Å². The Morgan fingerprint density at radius 3 is 2.15 bits per heavy atom. The van der Waals surface area contributed by atoms with E-state index in [4.69, 9.17) is 18.9 Å². The van der Waals surface area contributed by atoms with Crippen molar-refractivity contribution in [1.29, 1.82) is 0 Å². The van der Waals surface area contributed by atoms with E-state index in [0.717, 1.165) is 5.69 Å². The fourth-order valence-electron chi connectivity index (χ4n) is 3.22. The van der Waals surface area contributed by atoms with Crippen molar-refractivity contribution in [3.8, 4) is 0 Å². The molecule has 7 nitrogen and oxygen atoms in total. The highest BCUT2D eigenvalue weighted by Gasteiger charge is 2.37. The summed E-state index contributed by atoms with van der Waals surface area (Å²) in [6.45, 7) is 22.4. The van der Waals surface area contributed by atoms with Gasteiger partial charge in [0, 0.05) is 26.4 Å². The number of amides is 1. The lowest BCUT2D eigenvalue weighted by Crippen LogP contribution is -2.44. The maximum Gasteiger partial charge on any atom is 0.410 e. The Kier molecular flexibility index (Phi) is 10.3. The minimum atomic E-state index is -1.93. The molecule has 34 heavy (non-hydrogen) atoms. The number of pyridine rings is 1. The van der Waals surface area contributed by atoms with E-state index < -0.39 is 32.1 Å². The van der Waals surface area contributed by atoms with Crippen LogP contribution in [0.5, 0.6) is 0 Å². The van der Waals surface area contributed by atoms with Gasteiger partial charge in [0.05, 0.1) is 18.0 Å². The average molecular weight is 495 g/mol. The highest BCUT2D eigenvalue weighted by Crippen LogP contribution is 2.37. The number of nitrogens with zero attached hydrogens (tertiary/aromatic N) is 2. The molecule has 1 heterocycles. The third-order valence-electron chi connectivity index (χ3n) is 6.26. The van der Waals surface area contributed by atoms with Crippen LogP contribution in [-0.4, -0.2) is 49.0 Å². The van der Waals surface area contributed by atoms with Crippen molar-refractivity contribution in [2.45, 2.75) is 111 Å². The second-order valence-electron chi connectivity index (χ2n) is 11.8. The van der Waals surface area contributed by atoms with E-state index in [1.54, 1.807) is 11.9 Å². The first-order chi connectivity index (χ1) is 15.3. The van der Waals surface area contributed by atoms with Gasteiger partial charge >= 0.3 is 12.1 Å². The number of carbonyl (C=O) groups excluding carboxylic acids is 2. The molecule has 0 saturated heterocycles. The number of ether oxygens (including phenoxy) is 2. The Morgan fingerprint density at radius 2 is 1.68 bits per heavy atom. The van der Waals surface area contributed by atoms with Crippen LogP contribution in [-0.2, 0) is 25.3 Å². The highest BCUT2D eigenvalue weighted by atomic mass is 28.4. The summed E-state index contributed by atoms with van der Waals surface area (Å²) >= 11 is 0. The normalized spacial score (nSPS) is 14.5. The summed E-state index contributed by atoms with van der Waals surface area (Å²) in [5.74, 6) is -0.280. The SMILES string of the molecule is CC(=O)O[C@H](C[C@H](C(C)C)N(C)C(=O)OC(C)(C)C)c1cccc(CO[Si](C)(C)C(C)(C)C)n1. The molecular weight excluding hydrogens is 448 g/mol. The summed E-state index contributed by atoms with van der Waals surface area (Å²) in [6.07, 6.45) is -0.591. The van der Waals surface area contributed by atoms with E-state index in [9.17, 15) is 9.59 Å². The first-order valence-corrected chi connectivity index (χ1v) is 15.0. The van der Waals surface area contributed by atoms with E-state index in [2.05, 4.69) is 33.9 Å². The molecule has 0 N–H and O–H groups in total. The molecule has 0 unspecified atom stereocenters. The third kappa shape index (κ3) is 9.37. The molecule has 0 radical (unpaired) electrons. The quantitative estimate of drug-likeness (QED) is 0.288. The Labute approximate surface area is 207 Å². The molecule has 0 saturated carbocycles. The van der Waals surface area contributed by atoms with E-state index >= 15 is 0 Å². The highest BCUT2D eigenvalue weighted by molar-refractivity contribution is 6.74. The summed E-state index contributed by atoms with van der Waals surface area (Å²) < 4.78 is 17.6. The molecule has 2 atom stereocenters. The second kappa shape index (κ2) is 11.7. The average Bonchev–Trinajstić information content (AvgIpc) is 2.66. The number of rotatable bonds is 9. The molecule has 0 bridgehead atoms. The standard InChI is InChI=1S/C26H46N2O5Si/c1-18(2)22(28(10)24(30)33-25(4,5)6)16-23(32-19(3)29)21-15-13-14-20(27-21)17-31-34(11,12)26(7,8)9/h13-15,18,22-23H,16-17H2,1-12H3/t22-,23-/m1/s1. The maximum atomic E-state index is 12.7. The molecule has 1 rings (SSSR count). The van der Waals surface area contributed by atoms with Gasteiger partial charge in [-0.2, -0.15) is 0 Å². The molecule has 8 heteroatoms. The molecular formula is C26H46N2O5Si. The zero-order valence-electron chi connectivity index (χ0n) is 23.3. The van der Waals surface area contributed by atoms with Crippen molar-refractivity contribution in [3.05, 3.63) is 29.6 Å². The number of esters is 1. The van der Waals surface area contributed by atoms with Crippen molar-refractivity contribution >= 4 is 20.4 Å². The van der Waals surface area contributed by atoms with Gasteiger partial charge in [-0.1, -0.05) is 40.7 Å². The Morgan fingerprint density at radius 1 is 1.09 bits per heavy atom. The zero-order valence-corrected chi connectivity index (χ0v) is 24.3. The van der Waals surface area contributed by atoms with E-state index in [0.29, 0.717) is 18.7 Å². The Balaban J connectivity index is 3.15. The zero-order chi connectivity index (χ0) is 26.5. The van der Waals surface area contributed by atoms with Crippen LogP contribution in [0.15, 0.2) is 18.2 Å². The van der Waals surface area contributed by atoms with Gasteiger partial charge in [-0.25, -0.2) is 4.79 Å². The Hall–Kier alpha value is -1.93. The molecule has 1 aromatic rings. The molecule has 0 aliphatic carbocycles. The fourth-order valence-corrected chi connectivity index (χ4v) is 4.17.